The van der Waals surface area contributed by atoms with Gasteiger partial charge in [-0.15, -0.1) is 0 Å². The Morgan fingerprint density at radius 3 is 3.10 bits per heavy atom. The van der Waals surface area contributed by atoms with E-state index in [1.54, 1.807) is 17.0 Å². The van der Waals surface area contributed by atoms with Gasteiger partial charge in [-0.05, 0) is 6.42 Å². The molecule has 0 aliphatic rings. The molecular weight excluding hydrogens is 128 g/mol. The number of aryl methyl sites for hydroxylation is 1. The SMILES string of the molecule is CCCn1ccncc1=O. The van der Waals surface area contributed by atoms with Crippen LogP contribution in [0.5, 0.6) is 0 Å². The average Bonchev–Trinajstić information content (AvgIpc) is 1.94. The zero-order valence-electron chi connectivity index (χ0n) is 5.95. The molecule has 0 aromatic carbocycles. The minimum atomic E-state index is -0.0237. The standard InChI is InChI=1S/C7H10N2O/c1-2-4-9-5-3-8-6-7(9)10/h3,5-6H,2,4H2,1H3. The van der Waals surface area contributed by atoms with E-state index in [1.807, 2.05) is 6.92 Å². The molecular formula is C7H10N2O. The highest BCUT2D eigenvalue weighted by atomic mass is 16.1. The Morgan fingerprint density at radius 2 is 2.50 bits per heavy atom. The maximum absolute atomic E-state index is 10.9. The van der Waals surface area contributed by atoms with Crippen LogP contribution < -0.4 is 5.56 Å². The van der Waals surface area contributed by atoms with E-state index in [2.05, 4.69) is 4.98 Å². The van der Waals surface area contributed by atoms with Crippen molar-refractivity contribution in [2.75, 3.05) is 0 Å². The smallest absolute Gasteiger partial charge is 0.268 e. The van der Waals surface area contributed by atoms with Gasteiger partial charge in [-0.1, -0.05) is 6.92 Å². The third-order valence-corrected chi connectivity index (χ3v) is 1.27. The molecule has 1 aromatic rings. The fourth-order valence-electron chi connectivity index (χ4n) is 0.799. The van der Waals surface area contributed by atoms with Crippen LogP contribution in [-0.2, 0) is 6.54 Å². The first kappa shape index (κ1) is 6.99. The predicted octanol–water partition coefficient (Wildman–Crippen LogP) is 0.653. The van der Waals surface area contributed by atoms with Crippen molar-refractivity contribution in [2.45, 2.75) is 19.9 Å². The van der Waals surface area contributed by atoms with Crippen LogP contribution in [0, 0.1) is 0 Å². The molecule has 0 amide bonds. The lowest BCUT2D eigenvalue weighted by atomic mass is 10.5. The third-order valence-electron chi connectivity index (χ3n) is 1.27. The highest BCUT2D eigenvalue weighted by Gasteiger charge is 1.89. The highest BCUT2D eigenvalue weighted by molar-refractivity contribution is 4.79. The quantitative estimate of drug-likeness (QED) is 0.601. The Kier molecular flexibility index (Phi) is 2.20. The van der Waals surface area contributed by atoms with Crippen molar-refractivity contribution >= 4 is 0 Å². The minimum absolute atomic E-state index is 0.0237. The van der Waals surface area contributed by atoms with Gasteiger partial charge < -0.3 is 4.57 Å². The van der Waals surface area contributed by atoms with Crippen molar-refractivity contribution in [1.29, 1.82) is 0 Å². The van der Waals surface area contributed by atoms with Crippen LogP contribution in [0.1, 0.15) is 13.3 Å². The Morgan fingerprint density at radius 1 is 1.70 bits per heavy atom. The summed E-state index contributed by atoms with van der Waals surface area (Å²) in [7, 11) is 0. The molecule has 3 heteroatoms. The summed E-state index contributed by atoms with van der Waals surface area (Å²) in [4.78, 5) is 14.6. The van der Waals surface area contributed by atoms with Gasteiger partial charge in [0.25, 0.3) is 5.56 Å². The molecule has 10 heavy (non-hydrogen) atoms. The molecule has 0 bridgehead atoms. The molecule has 0 atom stereocenters. The van der Waals surface area contributed by atoms with E-state index in [1.165, 1.54) is 6.20 Å². The molecule has 1 aromatic heterocycles. The molecule has 0 saturated carbocycles. The first-order chi connectivity index (χ1) is 4.84. The molecule has 0 aliphatic carbocycles. The van der Waals surface area contributed by atoms with Gasteiger partial charge in [0.1, 0.15) is 0 Å². The summed E-state index contributed by atoms with van der Waals surface area (Å²) in [6.45, 7) is 2.81. The lowest BCUT2D eigenvalue weighted by molar-refractivity contribution is 0.648. The van der Waals surface area contributed by atoms with Gasteiger partial charge in [0.2, 0.25) is 0 Å². The highest BCUT2D eigenvalue weighted by Crippen LogP contribution is 1.82. The fraction of sp³-hybridized carbons (Fsp3) is 0.429. The number of rotatable bonds is 2. The molecule has 0 aliphatic heterocycles. The summed E-state index contributed by atoms with van der Waals surface area (Å²) in [6.07, 6.45) is 5.63. The molecule has 0 fully saturated rings. The van der Waals surface area contributed by atoms with E-state index in [0.717, 1.165) is 13.0 Å². The van der Waals surface area contributed by atoms with Crippen LogP contribution in [0.25, 0.3) is 0 Å². The summed E-state index contributed by atoms with van der Waals surface area (Å²) in [5.41, 5.74) is -0.0237. The maximum Gasteiger partial charge on any atom is 0.268 e. The zero-order chi connectivity index (χ0) is 7.40. The van der Waals surface area contributed by atoms with Crippen molar-refractivity contribution in [3.05, 3.63) is 28.9 Å². The third kappa shape index (κ3) is 1.43. The van der Waals surface area contributed by atoms with Gasteiger partial charge in [-0.2, -0.15) is 0 Å². The van der Waals surface area contributed by atoms with Crippen LogP contribution in [0.4, 0.5) is 0 Å². The monoisotopic (exact) mass is 138 g/mol. The normalized spacial score (nSPS) is 9.70. The topological polar surface area (TPSA) is 34.9 Å². The average molecular weight is 138 g/mol. The van der Waals surface area contributed by atoms with Crippen molar-refractivity contribution in [1.82, 2.24) is 9.55 Å². The van der Waals surface area contributed by atoms with E-state index in [9.17, 15) is 4.79 Å². The summed E-state index contributed by atoms with van der Waals surface area (Å²) in [5.74, 6) is 0. The Balaban J connectivity index is 2.92. The van der Waals surface area contributed by atoms with E-state index in [4.69, 9.17) is 0 Å². The molecule has 54 valence electrons. The first-order valence-electron chi connectivity index (χ1n) is 3.35. The van der Waals surface area contributed by atoms with E-state index in [0.29, 0.717) is 0 Å². The zero-order valence-corrected chi connectivity index (χ0v) is 5.95. The van der Waals surface area contributed by atoms with E-state index < -0.39 is 0 Å². The van der Waals surface area contributed by atoms with Crippen molar-refractivity contribution < 1.29 is 0 Å². The molecule has 1 heterocycles. The number of hydrogen-bond donors (Lipinski definition) is 0. The number of aromatic nitrogens is 2. The van der Waals surface area contributed by atoms with Gasteiger partial charge in [0.05, 0.1) is 6.20 Å². The van der Waals surface area contributed by atoms with Crippen molar-refractivity contribution in [2.24, 2.45) is 0 Å². The minimum Gasteiger partial charge on any atom is -0.313 e. The number of nitrogens with zero attached hydrogens (tertiary/aromatic N) is 2. The van der Waals surface area contributed by atoms with Crippen LogP contribution in [-0.4, -0.2) is 9.55 Å². The Hall–Kier alpha value is -1.12. The van der Waals surface area contributed by atoms with Crippen molar-refractivity contribution in [3.8, 4) is 0 Å². The lowest BCUT2D eigenvalue weighted by Gasteiger charge is -1.98. The second-order valence-corrected chi connectivity index (χ2v) is 2.11. The molecule has 0 spiro atoms. The largest absolute Gasteiger partial charge is 0.313 e. The molecule has 0 unspecified atom stereocenters. The van der Waals surface area contributed by atoms with Gasteiger partial charge in [-0.3, -0.25) is 9.78 Å². The first-order valence-corrected chi connectivity index (χ1v) is 3.35. The Labute approximate surface area is 59.3 Å². The van der Waals surface area contributed by atoms with Crippen LogP contribution in [0.2, 0.25) is 0 Å². The van der Waals surface area contributed by atoms with E-state index in [-0.39, 0.29) is 5.56 Å². The lowest BCUT2D eigenvalue weighted by Crippen LogP contribution is -2.18. The summed E-state index contributed by atoms with van der Waals surface area (Å²) in [5, 5.41) is 0. The fourth-order valence-corrected chi connectivity index (χ4v) is 0.799. The molecule has 0 N–H and O–H groups in total. The van der Waals surface area contributed by atoms with Gasteiger partial charge in [-0.25, -0.2) is 0 Å². The second-order valence-electron chi connectivity index (χ2n) is 2.11. The van der Waals surface area contributed by atoms with Crippen molar-refractivity contribution in [3.63, 3.8) is 0 Å². The molecule has 0 radical (unpaired) electrons. The predicted molar refractivity (Wildman–Crippen MR) is 38.8 cm³/mol. The van der Waals surface area contributed by atoms with Crippen LogP contribution in [0.15, 0.2) is 23.4 Å². The summed E-state index contributed by atoms with van der Waals surface area (Å²) >= 11 is 0. The van der Waals surface area contributed by atoms with Crippen LogP contribution in [0.3, 0.4) is 0 Å². The van der Waals surface area contributed by atoms with Gasteiger partial charge in [0.15, 0.2) is 0 Å². The number of hydrogen-bond acceptors (Lipinski definition) is 2. The van der Waals surface area contributed by atoms with Gasteiger partial charge >= 0.3 is 0 Å². The summed E-state index contributed by atoms with van der Waals surface area (Å²) < 4.78 is 1.65. The maximum atomic E-state index is 10.9. The molecule has 0 saturated heterocycles. The summed E-state index contributed by atoms with van der Waals surface area (Å²) in [6, 6.07) is 0. The Bertz CT molecular complexity index is 254. The van der Waals surface area contributed by atoms with Gasteiger partial charge in [0, 0.05) is 18.9 Å². The second kappa shape index (κ2) is 3.15. The van der Waals surface area contributed by atoms with Crippen LogP contribution >= 0.6 is 0 Å². The van der Waals surface area contributed by atoms with E-state index >= 15 is 0 Å². The molecule has 1 rings (SSSR count). The molecule has 3 nitrogen and oxygen atoms in total.